The third-order valence-electron chi connectivity index (χ3n) is 3.18. The summed E-state index contributed by atoms with van der Waals surface area (Å²) < 4.78 is 7.38. The molecular weight excluding hydrogens is 258 g/mol. The molecule has 0 aliphatic rings. The molecule has 1 atom stereocenters. The van der Waals surface area contributed by atoms with Crippen LogP contribution in [0.5, 0.6) is 0 Å². The highest BCUT2D eigenvalue weighted by atomic mass is 32.1. The van der Waals surface area contributed by atoms with Crippen LogP contribution in [-0.4, -0.2) is 28.3 Å². The van der Waals surface area contributed by atoms with E-state index in [1.54, 1.807) is 7.11 Å². The third-order valence-corrected chi connectivity index (χ3v) is 3.33. The number of thiocarbonyl (C=S) groups is 1. The first-order valence-electron chi connectivity index (χ1n) is 6.36. The minimum Gasteiger partial charge on any atom is -0.393 e. The van der Waals surface area contributed by atoms with Crippen LogP contribution in [0.25, 0.3) is 11.0 Å². The molecule has 0 radical (unpaired) electrons. The topological polar surface area (TPSA) is 53.1 Å². The van der Waals surface area contributed by atoms with Crippen LogP contribution in [0.1, 0.15) is 25.2 Å². The Kier molecular flexibility index (Phi) is 4.50. The first-order chi connectivity index (χ1) is 9.13. The molecule has 1 unspecified atom stereocenters. The second kappa shape index (κ2) is 6.12. The van der Waals surface area contributed by atoms with Crippen LogP contribution in [0.15, 0.2) is 24.3 Å². The largest absolute Gasteiger partial charge is 0.393 e. The number of rotatable bonds is 6. The van der Waals surface area contributed by atoms with Crippen molar-refractivity contribution in [2.45, 2.75) is 25.8 Å². The molecule has 19 heavy (non-hydrogen) atoms. The van der Waals surface area contributed by atoms with Gasteiger partial charge in [0.25, 0.3) is 0 Å². The number of nitrogens with zero attached hydrogens (tertiary/aromatic N) is 2. The maximum atomic E-state index is 5.67. The SMILES string of the molecule is COCCC(C)n1c(CC(N)=S)nc2ccccc21. The molecule has 102 valence electrons. The Bertz CT molecular complexity index is 579. The van der Waals surface area contributed by atoms with Crippen molar-refractivity contribution in [3.63, 3.8) is 0 Å². The van der Waals surface area contributed by atoms with Crippen LogP contribution < -0.4 is 5.73 Å². The van der Waals surface area contributed by atoms with Gasteiger partial charge in [0, 0.05) is 19.8 Å². The van der Waals surface area contributed by atoms with Gasteiger partial charge in [-0.05, 0) is 25.5 Å². The normalized spacial score (nSPS) is 12.7. The van der Waals surface area contributed by atoms with Crippen molar-refractivity contribution in [1.82, 2.24) is 9.55 Å². The Morgan fingerprint density at radius 3 is 2.89 bits per heavy atom. The number of ether oxygens (including phenoxy) is 1. The molecule has 0 spiro atoms. The van der Waals surface area contributed by atoms with Crippen molar-refractivity contribution in [3.05, 3.63) is 30.1 Å². The molecule has 0 amide bonds. The summed E-state index contributed by atoms with van der Waals surface area (Å²) in [5.74, 6) is 0.928. The maximum Gasteiger partial charge on any atom is 0.116 e. The second-order valence-electron chi connectivity index (χ2n) is 4.66. The lowest BCUT2D eigenvalue weighted by atomic mass is 10.2. The van der Waals surface area contributed by atoms with E-state index in [1.165, 1.54) is 0 Å². The molecule has 0 bridgehead atoms. The summed E-state index contributed by atoms with van der Waals surface area (Å²) in [4.78, 5) is 5.10. The smallest absolute Gasteiger partial charge is 0.116 e. The zero-order chi connectivity index (χ0) is 13.8. The number of fused-ring (bicyclic) bond motifs is 1. The van der Waals surface area contributed by atoms with Crippen molar-refractivity contribution in [2.75, 3.05) is 13.7 Å². The van der Waals surface area contributed by atoms with E-state index in [0.29, 0.717) is 17.5 Å². The van der Waals surface area contributed by atoms with Gasteiger partial charge in [-0.1, -0.05) is 24.4 Å². The molecule has 1 heterocycles. The molecule has 1 aromatic carbocycles. The van der Waals surface area contributed by atoms with Crippen molar-refractivity contribution in [2.24, 2.45) is 5.73 Å². The number of hydrogen-bond donors (Lipinski definition) is 1. The summed E-state index contributed by atoms with van der Waals surface area (Å²) in [7, 11) is 1.72. The molecule has 0 saturated heterocycles. The van der Waals surface area contributed by atoms with Crippen LogP contribution in [0.3, 0.4) is 0 Å². The molecule has 0 aliphatic carbocycles. The van der Waals surface area contributed by atoms with Gasteiger partial charge in [0.2, 0.25) is 0 Å². The number of nitrogens with two attached hydrogens (primary N) is 1. The monoisotopic (exact) mass is 277 g/mol. The quantitative estimate of drug-likeness (QED) is 0.824. The molecule has 2 N–H and O–H groups in total. The zero-order valence-electron chi connectivity index (χ0n) is 11.3. The standard InChI is InChI=1S/C14H19N3OS/c1-10(7-8-18-2)17-12-6-4-3-5-11(12)16-14(17)9-13(15)19/h3-6,10H,7-9H2,1-2H3,(H2,15,19). The van der Waals surface area contributed by atoms with E-state index in [0.717, 1.165) is 29.9 Å². The summed E-state index contributed by atoms with van der Waals surface area (Å²) in [5, 5.41) is 0. The van der Waals surface area contributed by atoms with Crippen LogP contribution in [0.4, 0.5) is 0 Å². The highest BCUT2D eigenvalue weighted by molar-refractivity contribution is 7.80. The average Bonchev–Trinajstić information content (AvgIpc) is 2.72. The highest BCUT2D eigenvalue weighted by Gasteiger charge is 2.15. The van der Waals surface area contributed by atoms with Crippen molar-refractivity contribution in [1.29, 1.82) is 0 Å². The fraction of sp³-hybridized carbons (Fsp3) is 0.429. The van der Waals surface area contributed by atoms with Crippen molar-refractivity contribution in [3.8, 4) is 0 Å². The minimum absolute atomic E-state index is 0.302. The van der Waals surface area contributed by atoms with E-state index in [4.69, 9.17) is 22.7 Å². The Hall–Kier alpha value is -1.46. The Labute approximate surface area is 118 Å². The molecule has 2 rings (SSSR count). The predicted octanol–water partition coefficient (Wildman–Crippen LogP) is 2.46. The summed E-state index contributed by atoms with van der Waals surface area (Å²) in [6.45, 7) is 2.89. The summed E-state index contributed by atoms with van der Waals surface area (Å²) in [6.07, 6.45) is 1.46. The predicted molar refractivity (Wildman–Crippen MR) is 81.4 cm³/mol. The molecule has 5 heteroatoms. The summed E-state index contributed by atoms with van der Waals surface area (Å²) in [5.41, 5.74) is 7.78. The molecule has 2 aromatic rings. The van der Waals surface area contributed by atoms with E-state index < -0.39 is 0 Å². The minimum atomic E-state index is 0.302. The number of imidazole rings is 1. The van der Waals surface area contributed by atoms with Crippen LogP contribution in [0.2, 0.25) is 0 Å². The van der Waals surface area contributed by atoms with Crippen molar-refractivity contribution >= 4 is 28.2 Å². The first kappa shape index (κ1) is 14.0. The van der Waals surface area contributed by atoms with E-state index in [9.17, 15) is 0 Å². The molecular formula is C14H19N3OS. The van der Waals surface area contributed by atoms with E-state index in [2.05, 4.69) is 22.5 Å². The number of para-hydroxylation sites is 2. The summed E-state index contributed by atoms with van der Waals surface area (Å²) in [6, 6.07) is 8.40. The molecule has 0 aliphatic heterocycles. The van der Waals surface area contributed by atoms with Crippen LogP contribution in [-0.2, 0) is 11.2 Å². The lowest BCUT2D eigenvalue weighted by Crippen LogP contribution is -2.18. The van der Waals surface area contributed by atoms with Gasteiger partial charge < -0.3 is 15.0 Å². The van der Waals surface area contributed by atoms with Crippen LogP contribution >= 0.6 is 12.2 Å². The Balaban J connectivity index is 2.44. The molecule has 4 nitrogen and oxygen atoms in total. The first-order valence-corrected chi connectivity index (χ1v) is 6.77. The summed E-state index contributed by atoms with van der Waals surface area (Å²) >= 11 is 5.02. The fourth-order valence-electron chi connectivity index (χ4n) is 2.28. The highest BCUT2D eigenvalue weighted by Crippen LogP contribution is 2.23. The number of methoxy groups -OCH3 is 1. The zero-order valence-corrected chi connectivity index (χ0v) is 12.1. The van der Waals surface area contributed by atoms with Gasteiger partial charge in [-0.25, -0.2) is 4.98 Å². The molecule has 0 fully saturated rings. The van der Waals surface area contributed by atoms with Crippen LogP contribution in [0, 0.1) is 0 Å². The third kappa shape index (κ3) is 3.11. The van der Waals surface area contributed by atoms with Gasteiger partial charge in [-0.2, -0.15) is 0 Å². The number of hydrogen-bond acceptors (Lipinski definition) is 3. The van der Waals surface area contributed by atoms with Gasteiger partial charge in [0.15, 0.2) is 0 Å². The molecule has 1 aromatic heterocycles. The van der Waals surface area contributed by atoms with E-state index in [1.807, 2.05) is 18.2 Å². The van der Waals surface area contributed by atoms with Gasteiger partial charge >= 0.3 is 0 Å². The molecule has 0 saturated carbocycles. The average molecular weight is 277 g/mol. The Morgan fingerprint density at radius 1 is 1.47 bits per heavy atom. The van der Waals surface area contributed by atoms with Gasteiger partial charge in [-0.3, -0.25) is 0 Å². The van der Waals surface area contributed by atoms with Gasteiger partial charge in [0.05, 0.1) is 22.4 Å². The van der Waals surface area contributed by atoms with Gasteiger partial charge in [0.1, 0.15) is 5.82 Å². The lowest BCUT2D eigenvalue weighted by molar-refractivity contribution is 0.181. The lowest BCUT2D eigenvalue weighted by Gasteiger charge is -2.17. The number of aromatic nitrogens is 2. The van der Waals surface area contributed by atoms with E-state index in [-0.39, 0.29) is 0 Å². The second-order valence-corrected chi connectivity index (χ2v) is 5.18. The fourth-order valence-corrected chi connectivity index (χ4v) is 2.41. The number of benzene rings is 1. The van der Waals surface area contributed by atoms with Gasteiger partial charge in [-0.15, -0.1) is 0 Å². The maximum absolute atomic E-state index is 5.67. The Morgan fingerprint density at radius 2 is 2.21 bits per heavy atom. The van der Waals surface area contributed by atoms with Crippen molar-refractivity contribution < 1.29 is 4.74 Å². The van der Waals surface area contributed by atoms with E-state index >= 15 is 0 Å².